The molecular formula is C32H42N4O6. The molecule has 1 N–H and O–H groups in total. The van der Waals surface area contributed by atoms with Gasteiger partial charge in [0, 0.05) is 45.0 Å². The van der Waals surface area contributed by atoms with Crippen LogP contribution in [-0.2, 0) is 23.9 Å². The first-order valence-electron chi connectivity index (χ1n) is 15.3. The Bertz CT molecular complexity index is 1240. The number of aliphatic hydroxyl groups is 1. The summed E-state index contributed by atoms with van der Waals surface area (Å²) in [5.41, 5.74) is -1.62. The summed E-state index contributed by atoms with van der Waals surface area (Å²) in [6.45, 7) is 8.53. The van der Waals surface area contributed by atoms with Gasteiger partial charge >= 0.3 is 0 Å². The Morgan fingerprint density at radius 3 is 2.36 bits per heavy atom. The quantitative estimate of drug-likeness (QED) is 0.466. The number of benzene rings is 1. The van der Waals surface area contributed by atoms with Crippen LogP contribution >= 0.6 is 0 Å². The normalized spacial score (nSPS) is 33.8. The Labute approximate surface area is 247 Å². The number of fused-ring (bicyclic) bond motifs is 2. The van der Waals surface area contributed by atoms with E-state index in [0.29, 0.717) is 52.2 Å². The van der Waals surface area contributed by atoms with Crippen LogP contribution in [0, 0.1) is 11.8 Å². The number of amides is 3. The Balaban J connectivity index is 1.41. The molecule has 5 aliphatic heterocycles. The van der Waals surface area contributed by atoms with Gasteiger partial charge in [0.25, 0.3) is 0 Å². The highest BCUT2D eigenvalue weighted by atomic mass is 16.5. The van der Waals surface area contributed by atoms with Crippen LogP contribution in [-0.4, -0.2) is 120 Å². The van der Waals surface area contributed by atoms with Crippen molar-refractivity contribution in [2.75, 3.05) is 64.0 Å². The van der Waals surface area contributed by atoms with Gasteiger partial charge in [0.1, 0.15) is 11.6 Å². The maximum absolute atomic E-state index is 14.6. The van der Waals surface area contributed by atoms with E-state index in [9.17, 15) is 19.5 Å². The molecule has 0 radical (unpaired) electrons. The number of para-hydroxylation sites is 1. The van der Waals surface area contributed by atoms with Crippen molar-refractivity contribution in [2.24, 2.45) is 11.8 Å². The van der Waals surface area contributed by atoms with Crippen molar-refractivity contribution in [1.29, 1.82) is 0 Å². The summed E-state index contributed by atoms with van der Waals surface area (Å²) >= 11 is 0. The second-order valence-electron chi connectivity index (χ2n) is 11.9. The summed E-state index contributed by atoms with van der Waals surface area (Å²) in [7, 11) is 0. The minimum absolute atomic E-state index is 0.185. The molecule has 10 nitrogen and oxygen atoms in total. The van der Waals surface area contributed by atoms with Crippen LogP contribution in [0.3, 0.4) is 0 Å². The molecule has 1 aromatic rings. The van der Waals surface area contributed by atoms with Gasteiger partial charge in [-0.15, -0.1) is 0 Å². The number of anilines is 1. The fourth-order valence-electron chi connectivity index (χ4n) is 7.68. The fourth-order valence-corrected chi connectivity index (χ4v) is 7.68. The van der Waals surface area contributed by atoms with E-state index in [4.69, 9.17) is 9.47 Å². The molecule has 226 valence electrons. The molecule has 42 heavy (non-hydrogen) atoms. The third-order valence-corrected chi connectivity index (χ3v) is 9.89. The smallest absolute Gasteiger partial charge is 0.249 e. The maximum atomic E-state index is 14.6. The standard InChI is InChI=1S/C32H42N4O6/c1-3-23(22-37)36-27-30(40)34(17-16-33-18-20-41-21-19-33)14-9-13-32(27)26(29(36)39)25-28(38)35(24-10-6-5-7-11-24)15-8-12-31(25,4-2)42-32/h5-13,23,25-27,37H,3-4,14-22H2,1-2H3/t23-,25-,26-,27?,31+,32-/m0/s1. The monoisotopic (exact) mass is 578 g/mol. The lowest BCUT2D eigenvalue weighted by Crippen LogP contribution is -2.59. The first kappa shape index (κ1) is 29.0. The summed E-state index contributed by atoms with van der Waals surface area (Å²) in [6, 6.07) is 7.92. The zero-order chi connectivity index (χ0) is 29.5. The van der Waals surface area contributed by atoms with E-state index >= 15 is 0 Å². The first-order chi connectivity index (χ1) is 20.4. The van der Waals surface area contributed by atoms with Crippen LogP contribution in [0.2, 0.25) is 0 Å². The average molecular weight is 579 g/mol. The molecule has 5 heterocycles. The highest BCUT2D eigenvalue weighted by molar-refractivity contribution is 6.04. The Hall–Kier alpha value is -3.05. The van der Waals surface area contributed by atoms with Crippen LogP contribution in [0.5, 0.6) is 0 Å². The molecule has 1 unspecified atom stereocenters. The van der Waals surface area contributed by atoms with Gasteiger partial charge in [0.2, 0.25) is 17.7 Å². The maximum Gasteiger partial charge on any atom is 0.249 e. The van der Waals surface area contributed by atoms with Crippen molar-refractivity contribution in [3.63, 3.8) is 0 Å². The van der Waals surface area contributed by atoms with E-state index in [-0.39, 0.29) is 24.3 Å². The van der Waals surface area contributed by atoms with Gasteiger partial charge < -0.3 is 29.3 Å². The van der Waals surface area contributed by atoms with Crippen molar-refractivity contribution in [2.45, 2.75) is 50.0 Å². The van der Waals surface area contributed by atoms with Crippen LogP contribution in [0.1, 0.15) is 26.7 Å². The first-order valence-corrected chi connectivity index (χ1v) is 15.3. The number of aliphatic hydroxyl groups excluding tert-OH is 1. The molecule has 3 amide bonds. The van der Waals surface area contributed by atoms with Gasteiger partial charge in [-0.2, -0.15) is 0 Å². The van der Waals surface area contributed by atoms with Crippen molar-refractivity contribution in [3.8, 4) is 0 Å². The molecule has 1 aromatic carbocycles. The minimum Gasteiger partial charge on any atom is -0.394 e. The largest absolute Gasteiger partial charge is 0.394 e. The van der Waals surface area contributed by atoms with E-state index < -0.39 is 35.1 Å². The molecule has 0 aliphatic carbocycles. The molecule has 3 saturated heterocycles. The lowest BCUT2D eigenvalue weighted by atomic mass is 9.73. The second-order valence-corrected chi connectivity index (χ2v) is 11.9. The van der Waals surface area contributed by atoms with Gasteiger partial charge in [0.05, 0.1) is 43.3 Å². The summed E-state index contributed by atoms with van der Waals surface area (Å²) < 4.78 is 12.5. The van der Waals surface area contributed by atoms with Crippen molar-refractivity contribution >= 4 is 23.4 Å². The highest BCUT2D eigenvalue weighted by Crippen LogP contribution is 2.59. The van der Waals surface area contributed by atoms with E-state index in [1.54, 1.807) is 14.7 Å². The number of carbonyl (C=O) groups is 3. The Morgan fingerprint density at radius 1 is 0.929 bits per heavy atom. The number of nitrogens with zero attached hydrogens (tertiary/aromatic N) is 4. The molecule has 5 aliphatic rings. The minimum atomic E-state index is -1.33. The Morgan fingerprint density at radius 2 is 1.67 bits per heavy atom. The summed E-state index contributed by atoms with van der Waals surface area (Å²) in [6.07, 6.45) is 8.65. The number of rotatable bonds is 8. The number of hydrogen-bond acceptors (Lipinski definition) is 7. The van der Waals surface area contributed by atoms with E-state index in [1.165, 1.54) is 0 Å². The zero-order valence-corrected chi connectivity index (χ0v) is 24.6. The van der Waals surface area contributed by atoms with Crippen molar-refractivity contribution in [3.05, 3.63) is 54.6 Å². The second kappa shape index (κ2) is 11.6. The van der Waals surface area contributed by atoms with Gasteiger partial charge in [-0.25, -0.2) is 0 Å². The van der Waals surface area contributed by atoms with E-state index in [0.717, 1.165) is 18.8 Å². The number of carbonyl (C=O) groups excluding carboxylic acids is 3. The van der Waals surface area contributed by atoms with Gasteiger partial charge in [-0.1, -0.05) is 56.4 Å². The van der Waals surface area contributed by atoms with Gasteiger partial charge in [-0.05, 0) is 25.0 Å². The van der Waals surface area contributed by atoms with Gasteiger partial charge in [-0.3, -0.25) is 19.3 Å². The third-order valence-electron chi connectivity index (χ3n) is 9.89. The van der Waals surface area contributed by atoms with Crippen molar-refractivity contribution < 1.29 is 29.0 Å². The molecule has 6 rings (SSSR count). The van der Waals surface area contributed by atoms with Crippen LogP contribution in [0.4, 0.5) is 5.69 Å². The number of ether oxygens (including phenoxy) is 2. The number of hydrogen-bond donors (Lipinski definition) is 1. The topological polar surface area (TPSA) is 103 Å². The van der Waals surface area contributed by atoms with Crippen LogP contribution in [0.15, 0.2) is 54.6 Å². The highest BCUT2D eigenvalue weighted by Gasteiger charge is 2.75. The Kier molecular flexibility index (Phi) is 7.99. The molecule has 3 fully saturated rings. The SMILES string of the molecule is CC[C@@H](CO)N1C(=O)[C@@H]2[C@H]3C(=O)N(c4ccccc4)CC=C[C@@]3(CC)O[C@@]23C=CCN(CCN2CCOCC2)C(=O)C13. The zero-order valence-electron chi connectivity index (χ0n) is 24.6. The fraction of sp³-hybridized carbons (Fsp3) is 0.594. The van der Waals surface area contributed by atoms with Gasteiger partial charge in [0.15, 0.2) is 0 Å². The van der Waals surface area contributed by atoms with Crippen LogP contribution in [0.25, 0.3) is 0 Å². The summed E-state index contributed by atoms with van der Waals surface area (Å²) in [5.74, 6) is -2.41. The average Bonchev–Trinajstić information content (AvgIpc) is 3.31. The van der Waals surface area contributed by atoms with E-state index in [2.05, 4.69) is 4.90 Å². The number of morpholine rings is 1. The predicted octanol–water partition coefficient (Wildman–Crippen LogP) is 1.45. The molecule has 10 heteroatoms. The number of likely N-dealkylation sites (tertiary alicyclic amines) is 1. The summed E-state index contributed by atoms with van der Waals surface area (Å²) in [4.78, 5) is 51.0. The van der Waals surface area contributed by atoms with E-state index in [1.807, 2.05) is 68.5 Å². The molecule has 1 spiro atoms. The molecule has 0 saturated carbocycles. The van der Waals surface area contributed by atoms with Crippen LogP contribution < -0.4 is 4.90 Å². The lowest BCUT2D eigenvalue weighted by molar-refractivity contribution is -0.155. The molecule has 0 aromatic heterocycles. The molecule has 6 atom stereocenters. The molecule has 0 bridgehead atoms. The lowest BCUT2D eigenvalue weighted by Gasteiger charge is -2.41. The third kappa shape index (κ3) is 4.51. The summed E-state index contributed by atoms with van der Waals surface area (Å²) in [5, 5.41) is 10.4. The molecular weight excluding hydrogens is 536 g/mol. The predicted molar refractivity (Wildman–Crippen MR) is 157 cm³/mol. The van der Waals surface area contributed by atoms with Crippen molar-refractivity contribution in [1.82, 2.24) is 14.7 Å².